The molecule has 1 heterocycles. The molecule has 2 aliphatic rings. The van der Waals surface area contributed by atoms with Crippen LogP contribution in [0.15, 0.2) is 30.3 Å². The Hall–Kier alpha value is -0.860. The summed E-state index contributed by atoms with van der Waals surface area (Å²) < 4.78 is 0. The molecule has 2 bridgehead atoms. The highest BCUT2D eigenvalue weighted by atomic mass is 15.2. The van der Waals surface area contributed by atoms with Crippen LogP contribution < -0.4 is 5.32 Å². The number of hydrogen-bond donors (Lipinski definition) is 1. The van der Waals surface area contributed by atoms with E-state index in [1.54, 1.807) is 0 Å². The minimum Gasteiger partial charge on any atom is -0.312 e. The Labute approximate surface area is 123 Å². The number of hydrogen-bond acceptors (Lipinski definition) is 2. The number of piperidine rings is 1. The van der Waals surface area contributed by atoms with E-state index in [2.05, 4.69) is 61.4 Å². The fraction of sp³-hybridized carbons (Fsp3) is 0.667. The van der Waals surface area contributed by atoms with Gasteiger partial charge in [-0.2, -0.15) is 0 Å². The maximum absolute atomic E-state index is 3.59. The van der Waals surface area contributed by atoms with Crippen LogP contribution in [0.2, 0.25) is 0 Å². The zero-order valence-electron chi connectivity index (χ0n) is 13.0. The van der Waals surface area contributed by atoms with Gasteiger partial charge in [-0.05, 0) is 43.7 Å². The number of benzene rings is 1. The van der Waals surface area contributed by atoms with Gasteiger partial charge < -0.3 is 5.32 Å². The van der Waals surface area contributed by atoms with Gasteiger partial charge in [0.1, 0.15) is 0 Å². The molecule has 0 aromatic heterocycles. The van der Waals surface area contributed by atoms with Gasteiger partial charge in [-0.3, -0.25) is 4.90 Å². The van der Waals surface area contributed by atoms with Gasteiger partial charge in [-0.15, -0.1) is 0 Å². The smallest absolute Gasteiger partial charge is 0.0478 e. The number of likely N-dealkylation sites (tertiary alicyclic amines) is 1. The predicted octanol–water partition coefficient (Wildman–Crippen LogP) is 3.46. The van der Waals surface area contributed by atoms with Crippen LogP contribution in [0.5, 0.6) is 0 Å². The molecule has 1 aliphatic carbocycles. The highest BCUT2D eigenvalue weighted by molar-refractivity contribution is 5.21. The van der Waals surface area contributed by atoms with Crippen molar-refractivity contribution >= 4 is 0 Å². The number of rotatable bonds is 5. The zero-order valence-corrected chi connectivity index (χ0v) is 13.0. The standard InChI is InChI=1S/C18H28N2/c1-13(2)18(20-12-14-9-10-16(20)11-14)17(19-3)15-7-5-4-6-8-15/h4-8,13-14,16-19H,9-12H2,1-3H3. The van der Waals surface area contributed by atoms with Crippen LogP contribution in [-0.4, -0.2) is 30.6 Å². The first-order chi connectivity index (χ1) is 9.70. The van der Waals surface area contributed by atoms with Crippen molar-refractivity contribution in [2.45, 2.75) is 51.2 Å². The van der Waals surface area contributed by atoms with Gasteiger partial charge in [0.25, 0.3) is 0 Å². The van der Waals surface area contributed by atoms with Crippen LogP contribution in [0.4, 0.5) is 0 Å². The first-order valence-electron chi connectivity index (χ1n) is 8.18. The van der Waals surface area contributed by atoms with Gasteiger partial charge in [0, 0.05) is 24.7 Å². The second-order valence-corrected chi connectivity index (χ2v) is 6.94. The lowest BCUT2D eigenvalue weighted by molar-refractivity contribution is 0.0867. The van der Waals surface area contributed by atoms with Crippen LogP contribution in [-0.2, 0) is 0 Å². The maximum atomic E-state index is 3.59. The summed E-state index contributed by atoms with van der Waals surface area (Å²) in [6.45, 7) is 6.08. The molecule has 2 fully saturated rings. The molecule has 2 nitrogen and oxygen atoms in total. The van der Waals surface area contributed by atoms with Crippen molar-refractivity contribution in [3.05, 3.63) is 35.9 Å². The van der Waals surface area contributed by atoms with E-state index in [1.807, 2.05) is 0 Å². The van der Waals surface area contributed by atoms with E-state index in [1.165, 1.54) is 31.4 Å². The van der Waals surface area contributed by atoms with Gasteiger partial charge in [0.15, 0.2) is 0 Å². The average Bonchev–Trinajstić information content (AvgIpc) is 3.07. The van der Waals surface area contributed by atoms with E-state index in [9.17, 15) is 0 Å². The van der Waals surface area contributed by atoms with Gasteiger partial charge in [-0.1, -0.05) is 44.2 Å². The predicted molar refractivity (Wildman–Crippen MR) is 84.7 cm³/mol. The molecule has 0 radical (unpaired) electrons. The molecule has 20 heavy (non-hydrogen) atoms. The Bertz CT molecular complexity index is 428. The summed E-state index contributed by atoms with van der Waals surface area (Å²) in [4.78, 5) is 2.81. The van der Waals surface area contributed by atoms with Crippen LogP contribution in [0.25, 0.3) is 0 Å². The van der Waals surface area contributed by atoms with Gasteiger partial charge in [-0.25, -0.2) is 0 Å². The average molecular weight is 272 g/mol. The van der Waals surface area contributed by atoms with E-state index in [4.69, 9.17) is 0 Å². The molecule has 110 valence electrons. The highest BCUT2D eigenvalue weighted by Crippen LogP contribution is 2.42. The summed E-state index contributed by atoms with van der Waals surface area (Å²) in [5.74, 6) is 1.64. The van der Waals surface area contributed by atoms with Crippen molar-refractivity contribution in [1.82, 2.24) is 10.2 Å². The first-order valence-corrected chi connectivity index (χ1v) is 8.18. The molecular formula is C18H28N2. The lowest BCUT2D eigenvalue weighted by Crippen LogP contribution is -2.50. The van der Waals surface area contributed by atoms with E-state index >= 15 is 0 Å². The SMILES string of the molecule is CNC(c1ccccc1)C(C(C)C)N1CC2CCC1C2. The summed E-state index contributed by atoms with van der Waals surface area (Å²) >= 11 is 0. The second kappa shape index (κ2) is 5.87. The normalized spacial score (nSPS) is 29.0. The third-order valence-corrected chi connectivity index (χ3v) is 5.33. The van der Waals surface area contributed by atoms with E-state index in [0.29, 0.717) is 18.0 Å². The second-order valence-electron chi connectivity index (χ2n) is 6.94. The van der Waals surface area contributed by atoms with Crippen LogP contribution >= 0.6 is 0 Å². The van der Waals surface area contributed by atoms with E-state index < -0.39 is 0 Å². The fourth-order valence-electron chi connectivity index (χ4n) is 4.48. The van der Waals surface area contributed by atoms with Crippen molar-refractivity contribution < 1.29 is 0 Å². The molecule has 0 spiro atoms. The van der Waals surface area contributed by atoms with Crippen molar-refractivity contribution in [3.63, 3.8) is 0 Å². The maximum Gasteiger partial charge on any atom is 0.0478 e. The molecular weight excluding hydrogens is 244 g/mol. The number of fused-ring (bicyclic) bond motifs is 2. The lowest BCUT2D eigenvalue weighted by Gasteiger charge is -2.42. The molecule has 1 aromatic carbocycles. The molecule has 1 saturated carbocycles. The Morgan fingerprint density at radius 2 is 1.90 bits per heavy atom. The van der Waals surface area contributed by atoms with E-state index in [-0.39, 0.29) is 0 Å². The lowest BCUT2D eigenvalue weighted by atomic mass is 9.88. The minimum absolute atomic E-state index is 0.440. The Morgan fingerprint density at radius 1 is 1.15 bits per heavy atom. The monoisotopic (exact) mass is 272 g/mol. The van der Waals surface area contributed by atoms with Crippen molar-refractivity contribution in [3.8, 4) is 0 Å². The summed E-state index contributed by atoms with van der Waals surface area (Å²) in [7, 11) is 2.11. The molecule has 0 amide bonds. The summed E-state index contributed by atoms with van der Waals surface area (Å²) in [6, 6.07) is 12.9. The number of nitrogens with one attached hydrogen (secondary N) is 1. The van der Waals surface area contributed by atoms with Crippen molar-refractivity contribution in [2.75, 3.05) is 13.6 Å². The molecule has 1 aromatic rings. The van der Waals surface area contributed by atoms with Crippen LogP contribution in [0.1, 0.15) is 44.7 Å². The third kappa shape index (κ3) is 2.51. The molecule has 3 rings (SSSR count). The summed E-state index contributed by atoms with van der Waals surface area (Å²) in [6.07, 6.45) is 4.31. The van der Waals surface area contributed by atoms with Crippen LogP contribution in [0.3, 0.4) is 0 Å². The van der Waals surface area contributed by atoms with Crippen LogP contribution in [0, 0.1) is 11.8 Å². The van der Waals surface area contributed by atoms with Crippen molar-refractivity contribution in [1.29, 1.82) is 0 Å². The molecule has 1 saturated heterocycles. The topological polar surface area (TPSA) is 15.3 Å². The minimum atomic E-state index is 0.440. The van der Waals surface area contributed by atoms with Gasteiger partial charge >= 0.3 is 0 Å². The zero-order chi connectivity index (χ0) is 14.1. The molecule has 4 unspecified atom stereocenters. The molecule has 1 N–H and O–H groups in total. The van der Waals surface area contributed by atoms with Gasteiger partial charge in [0.2, 0.25) is 0 Å². The third-order valence-electron chi connectivity index (χ3n) is 5.33. The number of likely N-dealkylation sites (N-methyl/N-ethyl adjacent to an activating group) is 1. The first kappa shape index (κ1) is 14.1. The van der Waals surface area contributed by atoms with Gasteiger partial charge in [0.05, 0.1) is 0 Å². The van der Waals surface area contributed by atoms with E-state index in [0.717, 1.165) is 12.0 Å². The summed E-state index contributed by atoms with van der Waals surface area (Å²) in [5, 5.41) is 3.59. The molecule has 4 atom stereocenters. The highest BCUT2D eigenvalue weighted by Gasteiger charge is 2.44. The summed E-state index contributed by atoms with van der Waals surface area (Å²) in [5.41, 5.74) is 1.43. The largest absolute Gasteiger partial charge is 0.312 e. The van der Waals surface area contributed by atoms with Crippen molar-refractivity contribution in [2.24, 2.45) is 11.8 Å². The Morgan fingerprint density at radius 3 is 2.40 bits per heavy atom. The molecule has 1 aliphatic heterocycles. The quantitative estimate of drug-likeness (QED) is 0.883. The number of nitrogens with zero attached hydrogens (tertiary/aromatic N) is 1. The Balaban J connectivity index is 1.85. The Kier molecular flexibility index (Phi) is 4.13. The fourth-order valence-corrected chi connectivity index (χ4v) is 4.48. The molecule has 2 heteroatoms.